The molecule has 0 aromatic carbocycles. The molecule has 0 spiro atoms. The Morgan fingerprint density at radius 1 is 1.41 bits per heavy atom. The molecule has 6 heteroatoms. The molecule has 1 N–H and O–H groups in total. The van der Waals surface area contributed by atoms with Crippen molar-refractivity contribution in [1.82, 2.24) is 10.2 Å². The topological polar surface area (TPSA) is 60.0 Å². The minimum atomic E-state index is -0.406. The number of hydrogen-bond donors (Lipinski definition) is 1. The van der Waals surface area contributed by atoms with Gasteiger partial charge in [0.25, 0.3) is 0 Å². The summed E-state index contributed by atoms with van der Waals surface area (Å²) in [6.07, 6.45) is 10.4. The number of hydrogen-bond acceptors (Lipinski definition) is 5. The molecule has 1 atom stereocenters. The van der Waals surface area contributed by atoms with Crippen LogP contribution in [0.5, 0.6) is 0 Å². The molecule has 1 aliphatic carbocycles. The number of allylic oxidation sites excluding steroid dienone is 4. The highest BCUT2D eigenvalue weighted by Crippen LogP contribution is 2.29. The monoisotopic (exact) mass is 304 g/mol. The molecule has 2 aliphatic heterocycles. The summed E-state index contributed by atoms with van der Waals surface area (Å²) in [4.78, 5) is 13.5. The SMILES string of the molecule is CCNC[C@@H]1CN(C2=COC=C(C3=CC=CCC3)O2)C(=O)O1. The first-order valence-corrected chi connectivity index (χ1v) is 7.56. The second-order valence-electron chi connectivity index (χ2n) is 5.26. The van der Waals surface area contributed by atoms with Crippen molar-refractivity contribution in [3.8, 4) is 0 Å². The zero-order chi connectivity index (χ0) is 15.4. The lowest BCUT2D eigenvalue weighted by molar-refractivity contribution is 0.118. The van der Waals surface area contributed by atoms with E-state index in [1.165, 1.54) is 11.2 Å². The molecule has 1 amide bonds. The molecule has 1 fully saturated rings. The summed E-state index contributed by atoms with van der Waals surface area (Å²) in [7, 11) is 0. The Morgan fingerprint density at radius 2 is 2.32 bits per heavy atom. The number of nitrogens with zero attached hydrogens (tertiary/aromatic N) is 1. The van der Waals surface area contributed by atoms with E-state index in [0.717, 1.165) is 25.0 Å². The Hall–Kier alpha value is -2.21. The Kier molecular flexibility index (Phi) is 4.48. The molecule has 0 radical (unpaired) electrons. The van der Waals surface area contributed by atoms with Gasteiger partial charge < -0.3 is 19.5 Å². The van der Waals surface area contributed by atoms with Gasteiger partial charge in [-0.2, -0.15) is 0 Å². The second-order valence-corrected chi connectivity index (χ2v) is 5.26. The van der Waals surface area contributed by atoms with Gasteiger partial charge in [-0.3, -0.25) is 0 Å². The van der Waals surface area contributed by atoms with Gasteiger partial charge in [-0.1, -0.05) is 25.2 Å². The van der Waals surface area contributed by atoms with Gasteiger partial charge in [0.2, 0.25) is 5.88 Å². The summed E-state index contributed by atoms with van der Waals surface area (Å²) < 4.78 is 16.5. The maximum Gasteiger partial charge on any atom is 0.417 e. The number of rotatable bonds is 5. The van der Waals surface area contributed by atoms with E-state index >= 15 is 0 Å². The molecular weight excluding hydrogens is 284 g/mol. The lowest BCUT2D eigenvalue weighted by Crippen LogP contribution is -2.31. The predicted octanol–water partition coefficient (Wildman–Crippen LogP) is 2.38. The van der Waals surface area contributed by atoms with Crippen molar-refractivity contribution in [2.75, 3.05) is 19.6 Å². The predicted molar refractivity (Wildman–Crippen MR) is 80.3 cm³/mol. The van der Waals surface area contributed by atoms with Crippen LogP contribution in [0.25, 0.3) is 0 Å². The fraction of sp³-hybridized carbons (Fsp3) is 0.438. The van der Waals surface area contributed by atoms with Gasteiger partial charge in [0.15, 0.2) is 12.0 Å². The van der Waals surface area contributed by atoms with Crippen LogP contribution in [0.1, 0.15) is 19.8 Å². The van der Waals surface area contributed by atoms with Crippen LogP contribution in [0.2, 0.25) is 0 Å². The number of likely N-dealkylation sites (N-methyl/N-ethyl adjacent to an activating group) is 1. The van der Waals surface area contributed by atoms with Gasteiger partial charge >= 0.3 is 6.09 Å². The fourth-order valence-corrected chi connectivity index (χ4v) is 2.50. The molecular formula is C16H20N2O4. The fourth-order valence-electron chi connectivity index (χ4n) is 2.50. The first-order chi connectivity index (χ1) is 10.8. The third-order valence-electron chi connectivity index (χ3n) is 3.65. The Balaban J connectivity index is 1.63. The number of nitrogens with one attached hydrogen (secondary N) is 1. The van der Waals surface area contributed by atoms with Crippen molar-refractivity contribution in [2.24, 2.45) is 0 Å². The van der Waals surface area contributed by atoms with Crippen molar-refractivity contribution >= 4 is 6.09 Å². The van der Waals surface area contributed by atoms with E-state index in [9.17, 15) is 4.79 Å². The summed E-state index contributed by atoms with van der Waals surface area (Å²) >= 11 is 0. The molecule has 1 saturated heterocycles. The van der Waals surface area contributed by atoms with Crippen molar-refractivity contribution in [3.63, 3.8) is 0 Å². The highest BCUT2D eigenvalue weighted by Gasteiger charge is 2.36. The van der Waals surface area contributed by atoms with Gasteiger partial charge in [-0.15, -0.1) is 0 Å². The van der Waals surface area contributed by atoms with Crippen LogP contribution >= 0.6 is 0 Å². The zero-order valence-corrected chi connectivity index (χ0v) is 12.6. The number of carbonyl (C=O) groups excluding carboxylic acids is 1. The highest BCUT2D eigenvalue weighted by molar-refractivity contribution is 5.72. The van der Waals surface area contributed by atoms with Crippen LogP contribution in [0.4, 0.5) is 4.79 Å². The number of carbonyl (C=O) groups is 1. The van der Waals surface area contributed by atoms with Crippen molar-refractivity contribution in [3.05, 3.63) is 48.0 Å². The Labute approximate surface area is 129 Å². The molecule has 0 aromatic rings. The van der Waals surface area contributed by atoms with Crippen LogP contribution in [-0.2, 0) is 14.2 Å². The maximum absolute atomic E-state index is 12.0. The molecule has 2 heterocycles. The quantitative estimate of drug-likeness (QED) is 0.845. The summed E-state index contributed by atoms with van der Waals surface area (Å²) in [6.45, 7) is 3.93. The standard InChI is InChI=1S/C16H20N2O4/c1-2-17-8-13-9-18(16(19)21-13)15-11-20-10-14(22-15)12-6-4-3-5-7-12/h3-4,6,10-11,13,17H,2,5,7-9H2,1H3/t13-/m1/s1. The van der Waals surface area contributed by atoms with E-state index < -0.39 is 6.09 Å². The lowest BCUT2D eigenvalue weighted by Gasteiger charge is -2.23. The van der Waals surface area contributed by atoms with E-state index in [2.05, 4.69) is 11.4 Å². The molecule has 0 saturated carbocycles. The van der Waals surface area contributed by atoms with Gasteiger partial charge in [-0.05, 0) is 25.0 Å². The van der Waals surface area contributed by atoms with Gasteiger partial charge in [0, 0.05) is 6.54 Å². The van der Waals surface area contributed by atoms with E-state index in [4.69, 9.17) is 14.2 Å². The summed E-state index contributed by atoms with van der Waals surface area (Å²) in [5.74, 6) is 1.02. The van der Waals surface area contributed by atoms with Crippen molar-refractivity contribution in [1.29, 1.82) is 0 Å². The lowest BCUT2D eigenvalue weighted by atomic mass is 10.0. The third-order valence-corrected chi connectivity index (χ3v) is 3.65. The molecule has 0 unspecified atom stereocenters. The first-order valence-electron chi connectivity index (χ1n) is 7.56. The Bertz CT molecular complexity index is 562. The third kappa shape index (κ3) is 3.17. The maximum atomic E-state index is 12.0. The minimum absolute atomic E-state index is 0.178. The molecule has 0 bridgehead atoms. The molecule has 118 valence electrons. The summed E-state index contributed by atoms with van der Waals surface area (Å²) in [6, 6.07) is 0. The van der Waals surface area contributed by atoms with E-state index in [1.807, 2.05) is 19.1 Å². The number of amides is 1. The van der Waals surface area contributed by atoms with Gasteiger partial charge in [0.05, 0.1) is 6.54 Å². The normalized spacial score (nSPS) is 24.0. The van der Waals surface area contributed by atoms with Crippen LogP contribution in [0, 0.1) is 0 Å². The van der Waals surface area contributed by atoms with E-state index in [-0.39, 0.29) is 6.10 Å². The number of cyclic esters (lactones) is 1. The van der Waals surface area contributed by atoms with Crippen LogP contribution in [0.3, 0.4) is 0 Å². The van der Waals surface area contributed by atoms with E-state index in [1.54, 1.807) is 6.26 Å². The molecule has 0 aromatic heterocycles. The highest BCUT2D eigenvalue weighted by atomic mass is 16.6. The average molecular weight is 304 g/mol. The second kappa shape index (κ2) is 6.70. The van der Waals surface area contributed by atoms with Crippen molar-refractivity contribution in [2.45, 2.75) is 25.9 Å². The smallest absolute Gasteiger partial charge is 0.417 e. The zero-order valence-electron chi connectivity index (χ0n) is 12.6. The summed E-state index contributed by atoms with van der Waals surface area (Å²) in [5, 5.41) is 3.17. The first kappa shape index (κ1) is 14.7. The largest absolute Gasteiger partial charge is 0.463 e. The van der Waals surface area contributed by atoms with Crippen molar-refractivity contribution < 1.29 is 19.0 Å². The number of ether oxygens (including phenoxy) is 3. The molecule has 3 aliphatic rings. The van der Waals surface area contributed by atoms with Crippen LogP contribution in [0.15, 0.2) is 48.0 Å². The minimum Gasteiger partial charge on any atom is -0.463 e. The average Bonchev–Trinajstić information content (AvgIpc) is 2.95. The summed E-state index contributed by atoms with van der Waals surface area (Å²) in [5.41, 5.74) is 1.06. The van der Waals surface area contributed by atoms with Crippen LogP contribution < -0.4 is 5.32 Å². The van der Waals surface area contributed by atoms with Crippen LogP contribution in [-0.4, -0.2) is 36.7 Å². The van der Waals surface area contributed by atoms with E-state index in [0.29, 0.717) is 24.7 Å². The molecule has 22 heavy (non-hydrogen) atoms. The molecule has 6 nitrogen and oxygen atoms in total. The molecule has 3 rings (SSSR count). The Morgan fingerprint density at radius 3 is 3.09 bits per heavy atom. The van der Waals surface area contributed by atoms with Gasteiger partial charge in [0.1, 0.15) is 12.4 Å². The van der Waals surface area contributed by atoms with Gasteiger partial charge in [-0.25, -0.2) is 9.69 Å².